The highest BCUT2D eigenvalue weighted by Gasteiger charge is 2.20. The molecule has 0 bridgehead atoms. The maximum Gasteiger partial charge on any atom is 0.335 e. The number of nitrogens with zero attached hydrogens (tertiary/aromatic N) is 3. The van der Waals surface area contributed by atoms with Crippen molar-refractivity contribution in [3.8, 4) is 11.4 Å². The fourth-order valence-electron chi connectivity index (χ4n) is 2.20. The molecular formula is C13H13N3O3. The first-order valence-electron chi connectivity index (χ1n) is 6.09. The van der Waals surface area contributed by atoms with Gasteiger partial charge in [0, 0.05) is 18.5 Å². The zero-order chi connectivity index (χ0) is 13.4. The Hall–Kier alpha value is -2.21. The molecule has 2 aromatic rings. The van der Waals surface area contributed by atoms with E-state index >= 15 is 0 Å². The summed E-state index contributed by atoms with van der Waals surface area (Å²) >= 11 is 0. The smallest absolute Gasteiger partial charge is 0.335 e. The van der Waals surface area contributed by atoms with E-state index in [1.807, 2.05) is 0 Å². The molecule has 0 amide bonds. The van der Waals surface area contributed by atoms with E-state index in [0.717, 1.165) is 5.82 Å². The minimum Gasteiger partial charge on any atom is -0.478 e. The molecule has 0 spiro atoms. The summed E-state index contributed by atoms with van der Waals surface area (Å²) in [5.41, 5.74) is 0.890. The number of hydrogen-bond acceptors (Lipinski definition) is 4. The summed E-state index contributed by atoms with van der Waals surface area (Å²) in [5, 5.41) is 22.9. The van der Waals surface area contributed by atoms with Crippen molar-refractivity contribution < 1.29 is 15.0 Å². The summed E-state index contributed by atoms with van der Waals surface area (Å²) in [5.74, 6) is 0.280. The first-order valence-corrected chi connectivity index (χ1v) is 6.09. The van der Waals surface area contributed by atoms with Gasteiger partial charge in [0.05, 0.1) is 11.7 Å². The molecule has 0 saturated heterocycles. The lowest BCUT2D eigenvalue weighted by Crippen LogP contribution is -2.23. The number of hydrogen-bond donors (Lipinski definition) is 2. The number of fused-ring (bicyclic) bond motifs is 1. The number of aryl methyl sites for hydroxylation is 1. The van der Waals surface area contributed by atoms with E-state index in [9.17, 15) is 9.90 Å². The largest absolute Gasteiger partial charge is 0.478 e. The van der Waals surface area contributed by atoms with Crippen LogP contribution in [0.2, 0.25) is 0 Å². The highest BCUT2D eigenvalue weighted by Crippen LogP contribution is 2.20. The van der Waals surface area contributed by atoms with Gasteiger partial charge in [-0.1, -0.05) is 12.1 Å². The standard InChI is InChI=1S/C13H13N3O3/c17-10-4-5-16-11(7-10)14-12(15-16)8-2-1-3-9(6-8)13(18)19/h1-3,6,10,17H,4-5,7H2,(H,18,19). The quantitative estimate of drug-likeness (QED) is 0.838. The Morgan fingerprint density at radius 1 is 1.42 bits per heavy atom. The van der Waals surface area contributed by atoms with Crippen LogP contribution in [0.25, 0.3) is 11.4 Å². The summed E-state index contributed by atoms with van der Waals surface area (Å²) in [4.78, 5) is 15.3. The van der Waals surface area contributed by atoms with Crippen LogP contribution in [-0.2, 0) is 13.0 Å². The van der Waals surface area contributed by atoms with Gasteiger partial charge in [-0.3, -0.25) is 0 Å². The van der Waals surface area contributed by atoms with Crippen LogP contribution in [0.1, 0.15) is 22.6 Å². The highest BCUT2D eigenvalue weighted by molar-refractivity contribution is 5.89. The zero-order valence-corrected chi connectivity index (χ0v) is 10.2. The van der Waals surface area contributed by atoms with Gasteiger partial charge in [-0.15, -0.1) is 0 Å². The number of carbonyl (C=O) groups is 1. The van der Waals surface area contributed by atoms with Gasteiger partial charge in [0.1, 0.15) is 5.82 Å². The molecule has 0 aliphatic carbocycles. The number of aliphatic hydroxyl groups excluding tert-OH is 1. The molecule has 1 aliphatic heterocycles. The SMILES string of the molecule is O=C(O)c1cccc(-c2nc3n(n2)CCC(O)C3)c1. The van der Waals surface area contributed by atoms with Crippen LogP contribution in [0.5, 0.6) is 0 Å². The molecule has 0 radical (unpaired) electrons. The molecule has 2 N–H and O–H groups in total. The van der Waals surface area contributed by atoms with Crippen molar-refractivity contribution in [3.63, 3.8) is 0 Å². The third-order valence-corrected chi connectivity index (χ3v) is 3.21. The molecule has 0 fully saturated rings. The summed E-state index contributed by atoms with van der Waals surface area (Å²) in [7, 11) is 0. The Morgan fingerprint density at radius 2 is 2.26 bits per heavy atom. The second kappa shape index (κ2) is 4.47. The van der Waals surface area contributed by atoms with E-state index in [4.69, 9.17) is 5.11 Å². The molecule has 19 heavy (non-hydrogen) atoms. The number of benzene rings is 1. The van der Waals surface area contributed by atoms with Crippen LogP contribution in [-0.4, -0.2) is 37.1 Å². The van der Waals surface area contributed by atoms with Crippen molar-refractivity contribution in [3.05, 3.63) is 35.7 Å². The zero-order valence-electron chi connectivity index (χ0n) is 10.2. The van der Waals surface area contributed by atoms with Gasteiger partial charge in [0.25, 0.3) is 0 Å². The van der Waals surface area contributed by atoms with Crippen LogP contribution >= 0.6 is 0 Å². The number of rotatable bonds is 2. The average Bonchev–Trinajstić information content (AvgIpc) is 2.81. The molecule has 2 heterocycles. The fourth-order valence-corrected chi connectivity index (χ4v) is 2.20. The van der Waals surface area contributed by atoms with E-state index in [1.54, 1.807) is 22.9 Å². The van der Waals surface area contributed by atoms with Crippen LogP contribution in [0.4, 0.5) is 0 Å². The van der Waals surface area contributed by atoms with Gasteiger partial charge >= 0.3 is 5.97 Å². The fraction of sp³-hybridized carbons (Fsp3) is 0.308. The van der Waals surface area contributed by atoms with Crippen molar-refractivity contribution in [1.29, 1.82) is 0 Å². The Balaban J connectivity index is 1.99. The third-order valence-electron chi connectivity index (χ3n) is 3.21. The number of carboxylic acid groups (broad SMARTS) is 1. The monoisotopic (exact) mass is 259 g/mol. The molecule has 98 valence electrons. The van der Waals surface area contributed by atoms with Gasteiger partial charge in [-0.25, -0.2) is 14.5 Å². The number of carboxylic acids is 1. The number of aromatic nitrogens is 3. The maximum absolute atomic E-state index is 10.9. The van der Waals surface area contributed by atoms with Crippen LogP contribution in [0.3, 0.4) is 0 Å². The first-order chi connectivity index (χ1) is 9.13. The van der Waals surface area contributed by atoms with Gasteiger partial charge in [0.15, 0.2) is 5.82 Å². The molecule has 3 rings (SSSR count). The lowest BCUT2D eigenvalue weighted by atomic mass is 10.1. The second-order valence-electron chi connectivity index (χ2n) is 4.61. The summed E-state index contributed by atoms with van der Waals surface area (Å²) in [6, 6.07) is 6.55. The molecule has 1 aromatic carbocycles. The Morgan fingerprint density at radius 3 is 3.05 bits per heavy atom. The van der Waals surface area contributed by atoms with Gasteiger partial charge in [-0.2, -0.15) is 5.10 Å². The average molecular weight is 259 g/mol. The Kier molecular flexibility index (Phi) is 2.79. The van der Waals surface area contributed by atoms with E-state index in [2.05, 4.69) is 10.1 Å². The van der Waals surface area contributed by atoms with Crippen molar-refractivity contribution in [1.82, 2.24) is 14.8 Å². The minimum atomic E-state index is -0.971. The van der Waals surface area contributed by atoms with Crippen molar-refractivity contribution in [2.75, 3.05) is 0 Å². The summed E-state index contributed by atoms with van der Waals surface area (Å²) in [6.07, 6.45) is 0.797. The van der Waals surface area contributed by atoms with E-state index in [1.165, 1.54) is 6.07 Å². The predicted octanol–water partition coefficient (Wildman–Crippen LogP) is 0.950. The van der Waals surface area contributed by atoms with Crippen LogP contribution < -0.4 is 0 Å². The Labute approximate surface area is 109 Å². The number of aromatic carboxylic acids is 1. The van der Waals surface area contributed by atoms with Gasteiger partial charge in [-0.05, 0) is 18.6 Å². The first kappa shape index (κ1) is 11.9. The number of aliphatic hydroxyl groups is 1. The molecule has 1 aromatic heterocycles. The van der Waals surface area contributed by atoms with Crippen molar-refractivity contribution >= 4 is 5.97 Å². The predicted molar refractivity (Wildman–Crippen MR) is 66.7 cm³/mol. The molecule has 0 saturated carbocycles. The lowest BCUT2D eigenvalue weighted by molar-refractivity contribution is 0.0697. The molecule has 1 atom stereocenters. The van der Waals surface area contributed by atoms with Crippen LogP contribution in [0.15, 0.2) is 24.3 Å². The molecule has 1 unspecified atom stereocenters. The molecule has 6 heteroatoms. The van der Waals surface area contributed by atoms with Gasteiger partial charge < -0.3 is 10.2 Å². The van der Waals surface area contributed by atoms with Crippen molar-refractivity contribution in [2.45, 2.75) is 25.5 Å². The molecular weight excluding hydrogens is 246 g/mol. The van der Waals surface area contributed by atoms with Crippen LogP contribution in [0, 0.1) is 0 Å². The minimum absolute atomic E-state index is 0.213. The highest BCUT2D eigenvalue weighted by atomic mass is 16.4. The Bertz CT molecular complexity index is 636. The van der Waals surface area contributed by atoms with E-state index in [0.29, 0.717) is 30.8 Å². The summed E-state index contributed by atoms with van der Waals surface area (Å²) < 4.78 is 1.77. The van der Waals surface area contributed by atoms with Gasteiger partial charge in [0.2, 0.25) is 0 Å². The molecule has 1 aliphatic rings. The summed E-state index contributed by atoms with van der Waals surface area (Å²) in [6.45, 7) is 0.641. The topological polar surface area (TPSA) is 88.2 Å². The third kappa shape index (κ3) is 2.22. The molecule has 6 nitrogen and oxygen atoms in total. The van der Waals surface area contributed by atoms with Crippen molar-refractivity contribution in [2.24, 2.45) is 0 Å². The van der Waals surface area contributed by atoms with E-state index < -0.39 is 5.97 Å². The second-order valence-corrected chi connectivity index (χ2v) is 4.61. The van der Waals surface area contributed by atoms with E-state index in [-0.39, 0.29) is 11.7 Å². The maximum atomic E-state index is 10.9. The lowest BCUT2D eigenvalue weighted by Gasteiger charge is -2.16. The normalized spacial score (nSPS) is 18.1.